The molecule has 3 heteroatoms. The van der Waals surface area contributed by atoms with Gasteiger partial charge in [0.05, 0.1) is 0 Å². The molecule has 0 aromatic carbocycles. The largest absolute Gasteiger partial charge is 0.351 e. The summed E-state index contributed by atoms with van der Waals surface area (Å²) in [6.07, 6.45) is 4.96. The average Bonchev–Trinajstić information content (AvgIpc) is 1.97. The highest BCUT2D eigenvalue weighted by Gasteiger charge is 1.97. The molecule has 0 bridgehead atoms. The third-order valence-electron chi connectivity index (χ3n) is 1.69. The van der Waals surface area contributed by atoms with Gasteiger partial charge in [0.2, 0.25) is 0 Å². The van der Waals surface area contributed by atoms with E-state index >= 15 is 0 Å². The molecule has 11 heavy (non-hydrogen) atoms. The molecule has 0 saturated heterocycles. The van der Waals surface area contributed by atoms with E-state index in [1.807, 2.05) is 11.9 Å². The van der Waals surface area contributed by atoms with Crippen LogP contribution in [0.15, 0.2) is 0 Å². The minimum atomic E-state index is 0.251. The van der Waals surface area contributed by atoms with Crippen LogP contribution < -0.4 is 5.73 Å². The van der Waals surface area contributed by atoms with E-state index in [0.717, 1.165) is 13.0 Å². The summed E-state index contributed by atoms with van der Waals surface area (Å²) in [5, 5.41) is 0.251. The van der Waals surface area contributed by atoms with Gasteiger partial charge in [-0.15, -0.1) is 0 Å². The normalized spacial score (nSPS) is 9.64. The van der Waals surface area contributed by atoms with Crippen molar-refractivity contribution in [3.8, 4) is 0 Å². The van der Waals surface area contributed by atoms with Gasteiger partial charge in [0.25, 0.3) is 0 Å². The average molecular weight is 173 g/mol. The Morgan fingerprint density at radius 1 is 1.36 bits per heavy atom. The fourth-order valence-electron chi connectivity index (χ4n) is 0.877. The molecule has 0 fully saturated rings. The molecule has 2 nitrogen and oxygen atoms in total. The summed E-state index contributed by atoms with van der Waals surface area (Å²) in [5.41, 5.74) is 7.12. The van der Waals surface area contributed by atoms with Crippen molar-refractivity contribution < 1.29 is 0 Å². The highest BCUT2D eigenvalue weighted by molar-refractivity contribution is 7.80. The summed E-state index contributed by atoms with van der Waals surface area (Å²) < 4.78 is 0. The van der Waals surface area contributed by atoms with Crippen molar-refractivity contribution >= 4 is 17.3 Å². The van der Waals surface area contributed by atoms with Crippen molar-refractivity contribution in [1.82, 2.24) is 10.6 Å². The minimum Gasteiger partial charge on any atom is -0.351 e. The molecule has 0 saturated carbocycles. The van der Waals surface area contributed by atoms with Gasteiger partial charge in [-0.3, -0.25) is 5.73 Å². The molecule has 0 unspecified atom stereocenters. The highest BCUT2D eigenvalue weighted by atomic mass is 32.1. The zero-order chi connectivity index (χ0) is 8.69. The van der Waals surface area contributed by atoms with Gasteiger partial charge in [-0.05, 0) is 18.6 Å². The number of thiocarbonyl (C=S) groups is 1. The third-order valence-corrected chi connectivity index (χ3v) is 2.01. The van der Waals surface area contributed by atoms with E-state index in [1.165, 1.54) is 19.3 Å². The standard InChI is InChI=1S/C8H17N2S/c1-3-4-5-6-7-10(2)8(9)11/h9H,3-7H2,1-2H3. The molecule has 0 rings (SSSR count). The van der Waals surface area contributed by atoms with Gasteiger partial charge in [-0.2, -0.15) is 0 Å². The topological polar surface area (TPSA) is 27.0 Å². The summed E-state index contributed by atoms with van der Waals surface area (Å²) in [5.74, 6) is 0. The SMILES string of the molecule is CCCCCCN(C)C([NH])=S. The number of nitrogens with one attached hydrogen (secondary N) is 1. The third kappa shape index (κ3) is 6.10. The molecule has 0 aliphatic rings. The highest BCUT2D eigenvalue weighted by Crippen LogP contribution is 1.99. The molecular formula is C8H17N2S. The fourth-order valence-corrected chi connectivity index (χ4v) is 0.969. The molecule has 0 aliphatic heterocycles. The molecule has 1 radical (unpaired) electrons. The van der Waals surface area contributed by atoms with Crippen molar-refractivity contribution in [3.63, 3.8) is 0 Å². The summed E-state index contributed by atoms with van der Waals surface area (Å²) >= 11 is 4.69. The lowest BCUT2D eigenvalue weighted by Gasteiger charge is -2.14. The minimum absolute atomic E-state index is 0.251. The van der Waals surface area contributed by atoms with Crippen LogP contribution in [0.25, 0.3) is 0 Å². The van der Waals surface area contributed by atoms with Gasteiger partial charge < -0.3 is 4.90 Å². The first-order valence-corrected chi connectivity index (χ1v) is 4.56. The number of unbranched alkanes of at least 4 members (excludes halogenated alkanes) is 3. The second kappa shape index (κ2) is 6.40. The Morgan fingerprint density at radius 3 is 2.45 bits per heavy atom. The van der Waals surface area contributed by atoms with E-state index in [0.29, 0.717) is 0 Å². The predicted octanol–water partition coefficient (Wildman–Crippen LogP) is 2.07. The van der Waals surface area contributed by atoms with Crippen LogP contribution in [0.4, 0.5) is 0 Å². The number of rotatable bonds is 5. The summed E-state index contributed by atoms with van der Waals surface area (Å²) in [6, 6.07) is 0. The van der Waals surface area contributed by atoms with Crippen LogP contribution in [0.2, 0.25) is 0 Å². The lowest BCUT2D eigenvalue weighted by atomic mass is 10.2. The quantitative estimate of drug-likeness (QED) is 0.470. The first-order valence-electron chi connectivity index (χ1n) is 4.15. The first kappa shape index (κ1) is 10.7. The molecule has 0 heterocycles. The van der Waals surface area contributed by atoms with Crippen LogP contribution in [-0.2, 0) is 0 Å². The Bertz CT molecular complexity index is 115. The molecule has 0 spiro atoms. The van der Waals surface area contributed by atoms with E-state index in [2.05, 4.69) is 19.1 Å². The molecule has 0 atom stereocenters. The van der Waals surface area contributed by atoms with Crippen LogP contribution in [0.3, 0.4) is 0 Å². The van der Waals surface area contributed by atoms with E-state index in [9.17, 15) is 0 Å². The Kier molecular flexibility index (Phi) is 6.22. The smallest absolute Gasteiger partial charge is 0.187 e. The van der Waals surface area contributed by atoms with Gasteiger partial charge in [0, 0.05) is 13.6 Å². The van der Waals surface area contributed by atoms with Gasteiger partial charge >= 0.3 is 0 Å². The number of hydrogen-bond acceptors (Lipinski definition) is 1. The molecule has 0 aliphatic carbocycles. The molecule has 0 aromatic heterocycles. The van der Waals surface area contributed by atoms with Crippen LogP contribution >= 0.6 is 12.2 Å². The van der Waals surface area contributed by atoms with Crippen LogP contribution in [0, 0.1) is 0 Å². The maximum atomic E-state index is 7.12. The number of hydrogen-bond donors (Lipinski definition) is 0. The van der Waals surface area contributed by atoms with E-state index < -0.39 is 0 Å². The Hall–Kier alpha value is -0.310. The lowest BCUT2D eigenvalue weighted by molar-refractivity contribution is 0.472. The molecule has 1 N–H and O–H groups in total. The first-order chi connectivity index (χ1) is 5.18. The Labute approximate surface area is 74.8 Å². The van der Waals surface area contributed by atoms with E-state index in [1.54, 1.807) is 0 Å². The zero-order valence-electron chi connectivity index (χ0n) is 7.39. The van der Waals surface area contributed by atoms with Gasteiger partial charge in [-0.1, -0.05) is 26.2 Å². The fraction of sp³-hybridized carbons (Fsp3) is 0.875. The van der Waals surface area contributed by atoms with E-state index in [4.69, 9.17) is 5.73 Å². The maximum Gasteiger partial charge on any atom is 0.187 e. The van der Waals surface area contributed by atoms with Crippen molar-refractivity contribution in [1.29, 1.82) is 0 Å². The monoisotopic (exact) mass is 173 g/mol. The summed E-state index contributed by atoms with van der Waals surface area (Å²) in [7, 11) is 1.88. The van der Waals surface area contributed by atoms with Gasteiger partial charge in [0.1, 0.15) is 0 Å². The van der Waals surface area contributed by atoms with Crippen molar-refractivity contribution in [2.75, 3.05) is 13.6 Å². The maximum absolute atomic E-state index is 7.12. The summed E-state index contributed by atoms with van der Waals surface area (Å²) in [4.78, 5) is 1.81. The molecular weight excluding hydrogens is 156 g/mol. The van der Waals surface area contributed by atoms with Crippen LogP contribution in [0.1, 0.15) is 32.6 Å². The molecule has 0 aromatic rings. The summed E-state index contributed by atoms with van der Waals surface area (Å²) in [6.45, 7) is 3.13. The zero-order valence-corrected chi connectivity index (χ0v) is 8.21. The van der Waals surface area contributed by atoms with Crippen molar-refractivity contribution in [2.24, 2.45) is 0 Å². The predicted molar refractivity (Wildman–Crippen MR) is 52.5 cm³/mol. The van der Waals surface area contributed by atoms with E-state index in [-0.39, 0.29) is 5.11 Å². The van der Waals surface area contributed by atoms with Crippen LogP contribution in [-0.4, -0.2) is 23.6 Å². The Balaban J connectivity index is 3.17. The number of nitrogens with zero attached hydrogens (tertiary/aromatic N) is 1. The van der Waals surface area contributed by atoms with Crippen LogP contribution in [0.5, 0.6) is 0 Å². The van der Waals surface area contributed by atoms with Crippen molar-refractivity contribution in [3.05, 3.63) is 0 Å². The van der Waals surface area contributed by atoms with Gasteiger partial charge in [0.15, 0.2) is 5.11 Å². The molecule has 65 valence electrons. The van der Waals surface area contributed by atoms with Gasteiger partial charge in [-0.25, -0.2) is 0 Å². The Morgan fingerprint density at radius 2 is 2.00 bits per heavy atom. The second-order valence-corrected chi connectivity index (χ2v) is 3.17. The second-order valence-electron chi connectivity index (χ2n) is 2.79. The lowest BCUT2D eigenvalue weighted by Crippen LogP contribution is -2.26. The molecule has 0 amide bonds. The van der Waals surface area contributed by atoms with Crippen molar-refractivity contribution in [2.45, 2.75) is 32.6 Å².